The van der Waals surface area contributed by atoms with Crippen LogP contribution in [0.25, 0.3) is 0 Å². The molecule has 6 heteroatoms. The molecular formula is C24H33N3O3. The van der Waals surface area contributed by atoms with Gasteiger partial charge < -0.3 is 25.2 Å². The fourth-order valence-electron chi connectivity index (χ4n) is 3.60. The van der Waals surface area contributed by atoms with Crippen molar-refractivity contribution in [1.29, 1.82) is 0 Å². The number of hydrogen-bond acceptors (Lipinski definition) is 4. The lowest BCUT2D eigenvalue weighted by molar-refractivity contribution is 0.107. The summed E-state index contributed by atoms with van der Waals surface area (Å²) in [6.07, 6.45) is 1.70. The number of aliphatic imine (C=N–C) groups is 1. The van der Waals surface area contributed by atoms with Crippen LogP contribution < -0.4 is 10.6 Å². The van der Waals surface area contributed by atoms with E-state index in [0.717, 1.165) is 37.5 Å². The van der Waals surface area contributed by atoms with Gasteiger partial charge in [0.15, 0.2) is 5.96 Å². The molecule has 0 saturated carbocycles. The van der Waals surface area contributed by atoms with Gasteiger partial charge in [-0.25, -0.2) is 0 Å². The SMILES string of the molecule is CN=C(NCc1ccc(COCc2ccccc2)cc1)NCC1(CCO)CCOC1. The molecule has 1 atom stereocenters. The molecule has 0 radical (unpaired) electrons. The van der Waals surface area contributed by atoms with Crippen molar-refractivity contribution >= 4 is 5.96 Å². The van der Waals surface area contributed by atoms with Gasteiger partial charge in [-0.15, -0.1) is 0 Å². The molecule has 0 spiro atoms. The number of nitrogens with zero attached hydrogens (tertiary/aromatic N) is 1. The number of nitrogens with one attached hydrogen (secondary N) is 2. The third-order valence-electron chi connectivity index (χ3n) is 5.54. The van der Waals surface area contributed by atoms with Crippen LogP contribution in [-0.4, -0.2) is 44.5 Å². The van der Waals surface area contributed by atoms with Crippen molar-refractivity contribution in [1.82, 2.24) is 10.6 Å². The Bertz CT molecular complexity index is 772. The van der Waals surface area contributed by atoms with Gasteiger partial charge in [-0.05, 0) is 29.5 Å². The van der Waals surface area contributed by atoms with Gasteiger partial charge in [0, 0.05) is 38.8 Å². The van der Waals surface area contributed by atoms with Crippen LogP contribution >= 0.6 is 0 Å². The minimum Gasteiger partial charge on any atom is -0.396 e. The first-order chi connectivity index (χ1) is 14.7. The quantitative estimate of drug-likeness (QED) is 0.414. The molecule has 1 aliphatic heterocycles. The maximum atomic E-state index is 9.36. The monoisotopic (exact) mass is 411 g/mol. The minimum atomic E-state index is -0.00618. The van der Waals surface area contributed by atoms with Crippen molar-refractivity contribution in [3.8, 4) is 0 Å². The van der Waals surface area contributed by atoms with Crippen LogP contribution in [0.15, 0.2) is 59.6 Å². The number of ether oxygens (including phenoxy) is 2. The normalized spacial score (nSPS) is 19.1. The Hall–Kier alpha value is -2.41. The minimum absolute atomic E-state index is 0.00618. The molecule has 3 N–H and O–H groups in total. The lowest BCUT2D eigenvalue weighted by Gasteiger charge is -2.27. The fraction of sp³-hybridized carbons (Fsp3) is 0.458. The van der Waals surface area contributed by atoms with E-state index < -0.39 is 0 Å². The van der Waals surface area contributed by atoms with Gasteiger partial charge in [-0.1, -0.05) is 54.6 Å². The Morgan fingerprint density at radius 3 is 2.37 bits per heavy atom. The second-order valence-corrected chi connectivity index (χ2v) is 7.85. The second kappa shape index (κ2) is 11.7. The molecule has 1 saturated heterocycles. The predicted octanol–water partition coefficient (Wildman–Crippen LogP) is 2.86. The van der Waals surface area contributed by atoms with Crippen molar-refractivity contribution in [2.75, 3.05) is 33.4 Å². The Morgan fingerprint density at radius 1 is 1.03 bits per heavy atom. The summed E-state index contributed by atoms with van der Waals surface area (Å²) in [6.45, 7) is 4.27. The van der Waals surface area contributed by atoms with E-state index in [1.54, 1.807) is 7.05 Å². The summed E-state index contributed by atoms with van der Waals surface area (Å²) < 4.78 is 11.3. The molecule has 1 aliphatic rings. The first-order valence-electron chi connectivity index (χ1n) is 10.6. The molecule has 0 amide bonds. The number of aliphatic hydroxyl groups is 1. The van der Waals surface area contributed by atoms with Crippen LogP contribution in [0.2, 0.25) is 0 Å². The molecule has 2 aromatic rings. The summed E-state index contributed by atoms with van der Waals surface area (Å²) in [5.74, 6) is 0.759. The number of benzene rings is 2. The largest absolute Gasteiger partial charge is 0.396 e. The summed E-state index contributed by atoms with van der Waals surface area (Å²) in [4.78, 5) is 4.31. The van der Waals surface area contributed by atoms with Gasteiger partial charge >= 0.3 is 0 Å². The van der Waals surface area contributed by atoms with Crippen molar-refractivity contribution in [2.24, 2.45) is 10.4 Å². The van der Waals surface area contributed by atoms with E-state index in [1.807, 2.05) is 18.2 Å². The van der Waals surface area contributed by atoms with E-state index in [-0.39, 0.29) is 12.0 Å². The molecule has 0 aromatic heterocycles. The van der Waals surface area contributed by atoms with Gasteiger partial charge in [-0.2, -0.15) is 0 Å². The number of rotatable bonds is 10. The molecule has 3 rings (SSSR count). The van der Waals surface area contributed by atoms with Crippen LogP contribution in [0.3, 0.4) is 0 Å². The first kappa shape index (κ1) is 22.3. The molecular weight excluding hydrogens is 378 g/mol. The van der Waals surface area contributed by atoms with Crippen LogP contribution in [0, 0.1) is 5.41 Å². The molecule has 6 nitrogen and oxygen atoms in total. The van der Waals surface area contributed by atoms with Gasteiger partial charge in [-0.3, -0.25) is 4.99 Å². The number of aliphatic hydroxyl groups excluding tert-OH is 1. The summed E-state index contributed by atoms with van der Waals surface area (Å²) in [5, 5.41) is 16.1. The van der Waals surface area contributed by atoms with E-state index in [0.29, 0.717) is 26.4 Å². The molecule has 1 heterocycles. The van der Waals surface area contributed by atoms with Crippen LogP contribution in [0.4, 0.5) is 0 Å². The predicted molar refractivity (Wildman–Crippen MR) is 119 cm³/mol. The molecule has 1 unspecified atom stereocenters. The van der Waals surface area contributed by atoms with Crippen LogP contribution in [0.1, 0.15) is 29.5 Å². The summed E-state index contributed by atoms with van der Waals surface area (Å²) in [7, 11) is 1.77. The Morgan fingerprint density at radius 2 is 1.73 bits per heavy atom. The van der Waals surface area contributed by atoms with Crippen LogP contribution in [-0.2, 0) is 29.2 Å². The zero-order valence-corrected chi connectivity index (χ0v) is 17.8. The van der Waals surface area contributed by atoms with Gasteiger partial charge in [0.1, 0.15) is 0 Å². The van der Waals surface area contributed by atoms with Crippen molar-refractivity contribution in [3.05, 3.63) is 71.3 Å². The van der Waals surface area contributed by atoms with E-state index in [9.17, 15) is 5.11 Å². The molecule has 1 fully saturated rings. The van der Waals surface area contributed by atoms with Crippen molar-refractivity contribution in [2.45, 2.75) is 32.6 Å². The average molecular weight is 412 g/mol. The summed E-state index contributed by atoms with van der Waals surface area (Å²) in [5.41, 5.74) is 3.51. The summed E-state index contributed by atoms with van der Waals surface area (Å²) >= 11 is 0. The maximum absolute atomic E-state index is 9.36. The third kappa shape index (κ3) is 6.83. The topological polar surface area (TPSA) is 75.1 Å². The van der Waals surface area contributed by atoms with E-state index >= 15 is 0 Å². The highest BCUT2D eigenvalue weighted by Gasteiger charge is 2.34. The zero-order valence-electron chi connectivity index (χ0n) is 17.8. The molecule has 30 heavy (non-hydrogen) atoms. The molecule has 162 valence electrons. The lowest BCUT2D eigenvalue weighted by atomic mass is 9.84. The lowest BCUT2D eigenvalue weighted by Crippen LogP contribution is -2.44. The maximum Gasteiger partial charge on any atom is 0.191 e. The number of hydrogen-bond donors (Lipinski definition) is 3. The van der Waals surface area contributed by atoms with Gasteiger partial charge in [0.25, 0.3) is 0 Å². The fourth-order valence-corrected chi connectivity index (χ4v) is 3.60. The molecule has 0 aliphatic carbocycles. The van der Waals surface area contributed by atoms with Crippen LogP contribution in [0.5, 0.6) is 0 Å². The van der Waals surface area contributed by atoms with Crippen molar-refractivity contribution in [3.63, 3.8) is 0 Å². The van der Waals surface area contributed by atoms with Gasteiger partial charge in [0.05, 0.1) is 19.8 Å². The smallest absolute Gasteiger partial charge is 0.191 e. The molecule has 0 bridgehead atoms. The molecule has 2 aromatic carbocycles. The first-order valence-corrected chi connectivity index (χ1v) is 10.6. The van der Waals surface area contributed by atoms with E-state index in [1.165, 1.54) is 11.1 Å². The Kier molecular flexibility index (Phi) is 8.68. The standard InChI is InChI=1S/C24H33N3O3/c1-25-23(27-18-24(11-13-28)12-14-29-19-24)26-15-20-7-9-22(10-8-20)17-30-16-21-5-3-2-4-6-21/h2-10,28H,11-19H2,1H3,(H2,25,26,27). The van der Waals surface area contributed by atoms with E-state index in [4.69, 9.17) is 9.47 Å². The second-order valence-electron chi connectivity index (χ2n) is 7.85. The zero-order chi connectivity index (χ0) is 21.1. The highest BCUT2D eigenvalue weighted by molar-refractivity contribution is 5.79. The highest BCUT2D eigenvalue weighted by atomic mass is 16.5. The Balaban J connectivity index is 1.41. The average Bonchev–Trinajstić information content (AvgIpc) is 3.24. The third-order valence-corrected chi connectivity index (χ3v) is 5.54. The number of guanidine groups is 1. The summed E-state index contributed by atoms with van der Waals surface area (Å²) in [6, 6.07) is 18.6. The Labute approximate surface area is 179 Å². The van der Waals surface area contributed by atoms with E-state index in [2.05, 4.69) is 52.0 Å². The highest BCUT2D eigenvalue weighted by Crippen LogP contribution is 2.31. The van der Waals surface area contributed by atoms with Gasteiger partial charge in [0.2, 0.25) is 0 Å². The van der Waals surface area contributed by atoms with Crippen molar-refractivity contribution < 1.29 is 14.6 Å².